The van der Waals surface area contributed by atoms with E-state index in [1.807, 2.05) is 0 Å². The normalized spacial score (nSPS) is 23.4. The van der Waals surface area contributed by atoms with Gasteiger partial charge in [-0.15, -0.1) is 0 Å². The molecule has 2 N–H and O–H groups in total. The lowest BCUT2D eigenvalue weighted by molar-refractivity contribution is 0.0944. The van der Waals surface area contributed by atoms with Crippen LogP contribution in [0, 0.1) is 0 Å². The van der Waals surface area contributed by atoms with Gasteiger partial charge in [0.2, 0.25) is 0 Å². The number of rotatable bonds is 0. The average Bonchev–Trinajstić information content (AvgIpc) is 2.45. The van der Waals surface area contributed by atoms with Gasteiger partial charge in [-0.1, -0.05) is 5.16 Å². The number of nitrogens with two attached hydrogens (primary N) is 1. The zero-order chi connectivity index (χ0) is 7.84. The third-order valence-electron chi connectivity index (χ3n) is 1.93. The van der Waals surface area contributed by atoms with Gasteiger partial charge >= 0.3 is 0 Å². The fourth-order valence-electron chi connectivity index (χ4n) is 1.26. The van der Waals surface area contributed by atoms with Gasteiger partial charge in [-0.3, -0.25) is 4.79 Å². The van der Waals surface area contributed by atoms with Crippen LogP contribution in [0.15, 0.2) is 10.7 Å². The number of fused-ring (bicyclic) bond motifs is 1. The Morgan fingerprint density at radius 2 is 2.55 bits per heavy atom. The van der Waals surface area contributed by atoms with Gasteiger partial charge in [0, 0.05) is 6.42 Å². The van der Waals surface area contributed by atoms with Crippen LogP contribution in [0.25, 0.3) is 0 Å². The molecule has 1 aliphatic carbocycles. The van der Waals surface area contributed by atoms with E-state index in [1.54, 1.807) is 0 Å². The molecule has 4 heteroatoms. The van der Waals surface area contributed by atoms with Crippen molar-refractivity contribution in [2.75, 3.05) is 0 Å². The third-order valence-corrected chi connectivity index (χ3v) is 1.93. The van der Waals surface area contributed by atoms with E-state index in [1.165, 1.54) is 6.20 Å². The highest BCUT2D eigenvalue weighted by Crippen LogP contribution is 2.19. The molecule has 1 atom stereocenters. The molecule has 0 saturated heterocycles. The first-order chi connectivity index (χ1) is 5.29. The summed E-state index contributed by atoms with van der Waals surface area (Å²) in [6, 6.07) is -0.359. The van der Waals surface area contributed by atoms with E-state index >= 15 is 0 Å². The maximum absolute atomic E-state index is 11.3. The first-order valence-electron chi connectivity index (χ1n) is 3.52. The second-order valence-corrected chi connectivity index (χ2v) is 2.67. The van der Waals surface area contributed by atoms with Crippen molar-refractivity contribution in [2.45, 2.75) is 18.9 Å². The number of aryl methyl sites for hydroxylation is 1. The Hall–Kier alpha value is -1.16. The van der Waals surface area contributed by atoms with Crippen LogP contribution in [-0.2, 0) is 6.42 Å². The van der Waals surface area contributed by atoms with Gasteiger partial charge in [-0.25, -0.2) is 0 Å². The Labute approximate surface area is 63.4 Å². The molecule has 58 valence electrons. The smallest absolute Gasteiger partial charge is 0.184 e. The number of hydrogen-bond acceptors (Lipinski definition) is 4. The second-order valence-electron chi connectivity index (χ2n) is 2.67. The Morgan fingerprint density at radius 3 is 3.36 bits per heavy atom. The van der Waals surface area contributed by atoms with Gasteiger partial charge in [-0.05, 0) is 6.42 Å². The standard InChI is InChI=1S/C7H8N2O2/c8-5-1-2-6-4(7(5)10)3-9-11-6/h3,5H,1-2,8H2. The van der Waals surface area contributed by atoms with E-state index in [-0.39, 0.29) is 11.8 Å². The van der Waals surface area contributed by atoms with Crippen LogP contribution in [0.2, 0.25) is 0 Å². The summed E-state index contributed by atoms with van der Waals surface area (Å²) < 4.78 is 4.85. The van der Waals surface area contributed by atoms with Crippen LogP contribution in [0.4, 0.5) is 0 Å². The number of nitrogens with zero attached hydrogens (tertiary/aromatic N) is 1. The summed E-state index contributed by atoms with van der Waals surface area (Å²) in [6.07, 6.45) is 2.83. The van der Waals surface area contributed by atoms with Gasteiger partial charge < -0.3 is 10.3 Å². The van der Waals surface area contributed by atoms with Crippen molar-refractivity contribution in [3.63, 3.8) is 0 Å². The van der Waals surface area contributed by atoms with Gasteiger partial charge in [0.25, 0.3) is 0 Å². The first-order valence-corrected chi connectivity index (χ1v) is 3.52. The van der Waals surface area contributed by atoms with Crippen molar-refractivity contribution in [1.29, 1.82) is 0 Å². The molecule has 1 aromatic rings. The monoisotopic (exact) mass is 152 g/mol. The number of carbonyl (C=O) groups excluding carboxylic acids is 1. The maximum atomic E-state index is 11.3. The average molecular weight is 152 g/mol. The number of carbonyl (C=O) groups is 1. The number of Topliss-reactive ketones (excluding diaryl/α,β-unsaturated/α-hetero) is 1. The van der Waals surface area contributed by atoms with Crippen molar-refractivity contribution >= 4 is 5.78 Å². The van der Waals surface area contributed by atoms with Crippen molar-refractivity contribution in [3.05, 3.63) is 17.5 Å². The molecule has 0 saturated carbocycles. The zero-order valence-corrected chi connectivity index (χ0v) is 5.91. The minimum Gasteiger partial charge on any atom is -0.361 e. The number of hydrogen-bond donors (Lipinski definition) is 1. The van der Waals surface area contributed by atoms with Crippen LogP contribution in [0.3, 0.4) is 0 Å². The Balaban J connectivity index is 2.46. The second kappa shape index (κ2) is 2.17. The predicted octanol–water partition coefficient (Wildman–Crippen LogP) is 0.131. The summed E-state index contributed by atoms with van der Waals surface area (Å²) in [7, 11) is 0. The highest BCUT2D eigenvalue weighted by molar-refractivity contribution is 6.01. The molecule has 0 amide bonds. The summed E-state index contributed by atoms with van der Waals surface area (Å²) >= 11 is 0. The molecule has 0 aromatic carbocycles. The van der Waals surface area contributed by atoms with Crippen LogP contribution >= 0.6 is 0 Å². The molecule has 0 radical (unpaired) electrons. The highest BCUT2D eigenvalue weighted by atomic mass is 16.5. The van der Waals surface area contributed by atoms with Gasteiger partial charge in [-0.2, -0.15) is 0 Å². The molecule has 11 heavy (non-hydrogen) atoms. The molecule has 0 spiro atoms. The SMILES string of the molecule is NC1CCc2oncc2C1=O. The molecular formula is C7H8N2O2. The first kappa shape index (κ1) is 6.54. The van der Waals surface area contributed by atoms with E-state index in [9.17, 15) is 4.79 Å². The van der Waals surface area contributed by atoms with Crippen molar-refractivity contribution < 1.29 is 9.32 Å². The molecule has 0 aliphatic heterocycles. The summed E-state index contributed by atoms with van der Waals surface area (Å²) in [6.45, 7) is 0. The summed E-state index contributed by atoms with van der Waals surface area (Å²) in [4.78, 5) is 11.3. The lowest BCUT2D eigenvalue weighted by atomic mass is 9.94. The van der Waals surface area contributed by atoms with Crippen molar-refractivity contribution in [2.24, 2.45) is 5.73 Å². The quantitative estimate of drug-likeness (QED) is 0.573. The molecule has 0 bridgehead atoms. The fourth-order valence-corrected chi connectivity index (χ4v) is 1.26. The molecule has 1 aliphatic rings. The van der Waals surface area contributed by atoms with Crippen LogP contribution in [0.1, 0.15) is 22.5 Å². The molecule has 0 fully saturated rings. The van der Waals surface area contributed by atoms with E-state index in [0.717, 1.165) is 6.42 Å². The Bertz CT molecular complexity index is 292. The molecule has 2 rings (SSSR count). The van der Waals surface area contributed by atoms with Crippen LogP contribution in [-0.4, -0.2) is 17.0 Å². The summed E-state index contributed by atoms with van der Waals surface area (Å²) in [5.41, 5.74) is 6.09. The van der Waals surface area contributed by atoms with E-state index in [2.05, 4.69) is 5.16 Å². The summed E-state index contributed by atoms with van der Waals surface area (Å²) in [5, 5.41) is 3.54. The maximum Gasteiger partial charge on any atom is 0.184 e. The largest absolute Gasteiger partial charge is 0.361 e. The Kier molecular flexibility index (Phi) is 1.29. The van der Waals surface area contributed by atoms with E-state index in [0.29, 0.717) is 17.7 Å². The van der Waals surface area contributed by atoms with Crippen molar-refractivity contribution in [1.82, 2.24) is 5.16 Å². The lowest BCUT2D eigenvalue weighted by Crippen LogP contribution is -2.34. The third kappa shape index (κ3) is 0.867. The topological polar surface area (TPSA) is 69.1 Å². The van der Waals surface area contributed by atoms with E-state index < -0.39 is 0 Å². The molecule has 1 aromatic heterocycles. The minimum absolute atomic E-state index is 0.0486. The fraction of sp³-hybridized carbons (Fsp3) is 0.429. The zero-order valence-electron chi connectivity index (χ0n) is 5.91. The minimum atomic E-state index is -0.359. The molecule has 1 unspecified atom stereocenters. The van der Waals surface area contributed by atoms with Crippen LogP contribution in [0.5, 0.6) is 0 Å². The van der Waals surface area contributed by atoms with Gasteiger partial charge in [0.15, 0.2) is 5.78 Å². The van der Waals surface area contributed by atoms with Gasteiger partial charge in [0.05, 0.1) is 17.8 Å². The number of ketones is 1. The molecule has 4 nitrogen and oxygen atoms in total. The highest BCUT2D eigenvalue weighted by Gasteiger charge is 2.27. The lowest BCUT2D eigenvalue weighted by Gasteiger charge is -2.13. The molecule has 1 heterocycles. The Morgan fingerprint density at radius 1 is 1.73 bits per heavy atom. The van der Waals surface area contributed by atoms with Gasteiger partial charge in [0.1, 0.15) is 5.76 Å². The summed E-state index contributed by atoms with van der Waals surface area (Å²) in [5.74, 6) is 0.629. The van der Waals surface area contributed by atoms with Crippen LogP contribution < -0.4 is 5.73 Å². The van der Waals surface area contributed by atoms with E-state index in [4.69, 9.17) is 10.3 Å². The van der Waals surface area contributed by atoms with Crippen molar-refractivity contribution in [3.8, 4) is 0 Å². The number of aromatic nitrogens is 1. The predicted molar refractivity (Wildman–Crippen MR) is 37.1 cm³/mol. The molecular weight excluding hydrogens is 144 g/mol.